The number of thioether (sulfide) groups is 1. The summed E-state index contributed by atoms with van der Waals surface area (Å²) >= 11 is 1.41. The molecule has 9 heteroatoms. The fourth-order valence-corrected chi connectivity index (χ4v) is 5.99. The van der Waals surface area contributed by atoms with Gasteiger partial charge >= 0.3 is 0 Å². The summed E-state index contributed by atoms with van der Waals surface area (Å²) in [5.41, 5.74) is 0. The van der Waals surface area contributed by atoms with Crippen molar-refractivity contribution in [3.05, 3.63) is 18.5 Å². The van der Waals surface area contributed by atoms with Crippen LogP contribution >= 0.6 is 11.8 Å². The molecule has 132 valence electrons. The number of rotatable bonds is 5. The SMILES string of the molecule is C=CCn1c(S[C@H]2CCCCNC2=O)nnc1[C@H]1CCS(=O)(=O)C1. The first-order chi connectivity index (χ1) is 11.5. The minimum Gasteiger partial charge on any atom is -0.355 e. The number of nitrogens with one attached hydrogen (secondary N) is 1. The number of sulfone groups is 1. The molecule has 0 bridgehead atoms. The predicted molar refractivity (Wildman–Crippen MR) is 92.7 cm³/mol. The molecule has 1 amide bonds. The Balaban J connectivity index is 1.83. The monoisotopic (exact) mass is 370 g/mol. The van der Waals surface area contributed by atoms with Crippen molar-refractivity contribution in [1.82, 2.24) is 20.1 Å². The van der Waals surface area contributed by atoms with Gasteiger partial charge in [0, 0.05) is 19.0 Å². The smallest absolute Gasteiger partial charge is 0.233 e. The lowest BCUT2D eigenvalue weighted by Gasteiger charge is -2.14. The largest absolute Gasteiger partial charge is 0.355 e. The van der Waals surface area contributed by atoms with Crippen LogP contribution in [-0.2, 0) is 21.2 Å². The second kappa shape index (κ2) is 7.26. The third kappa shape index (κ3) is 3.83. The molecule has 1 aromatic rings. The van der Waals surface area contributed by atoms with Crippen LogP contribution in [0.3, 0.4) is 0 Å². The highest BCUT2D eigenvalue weighted by atomic mass is 32.2. The standard InChI is InChI=1S/C15H22N4O3S2/c1-2-8-19-13(11-6-9-24(21,22)10-11)17-18-15(19)23-12-5-3-4-7-16-14(12)20/h2,11-12H,1,3-10H2,(H,16,20)/t11-,12-/m0/s1. The van der Waals surface area contributed by atoms with E-state index in [1.54, 1.807) is 6.08 Å². The third-order valence-electron chi connectivity index (χ3n) is 4.39. The van der Waals surface area contributed by atoms with Crippen LogP contribution in [0.2, 0.25) is 0 Å². The summed E-state index contributed by atoms with van der Waals surface area (Å²) < 4.78 is 25.4. The second-order valence-electron chi connectivity index (χ2n) is 6.23. The Morgan fingerprint density at radius 2 is 2.17 bits per heavy atom. The summed E-state index contributed by atoms with van der Waals surface area (Å²) in [6.45, 7) is 5.00. The minimum atomic E-state index is -2.98. The molecule has 0 spiro atoms. The summed E-state index contributed by atoms with van der Waals surface area (Å²) in [5, 5.41) is 11.9. The maximum Gasteiger partial charge on any atom is 0.233 e. The average Bonchev–Trinajstić information content (AvgIpc) is 3.02. The summed E-state index contributed by atoms with van der Waals surface area (Å²) in [4.78, 5) is 12.1. The van der Waals surface area contributed by atoms with E-state index >= 15 is 0 Å². The molecule has 3 heterocycles. The van der Waals surface area contributed by atoms with Gasteiger partial charge in [0.25, 0.3) is 0 Å². The fourth-order valence-electron chi connectivity index (χ4n) is 3.14. The Kier molecular flexibility index (Phi) is 5.29. The third-order valence-corrected chi connectivity index (χ3v) is 7.40. The molecule has 2 atom stereocenters. The van der Waals surface area contributed by atoms with Gasteiger partial charge in [0.2, 0.25) is 5.91 Å². The highest BCUT2D eigenvalue weighted by molar-refractivity contribution is 8.00. The minimum absolute atomic E-state index is 0.0376. The van der Waals surface area contributed by atoms with Crippen LogP contribution in [-0.4, -0.2) is 52.4 Å². The van der Waals surface area contributed by atoms with Gasteiger partial charge in [-0.3, -0.25) is 4.79 Å². The molecule has 0 radical (unpaired) electrons. The number of amides is 1. The van der Waals surface area contributed by atoms with Gasteiger partial charge in [0.1, 0.15) is 5.82 Å². The summed E-state index contributed by atoms with van der Waals surface area (Å²) in [6.07, 6.45) is 5.12. The van der Waals surface area contributed by atoms with Crippen LogP contribution in [0.5, 0.6) is 0 Å². The normalized spacial score (nSPS) is 26.8. The van der Waals surface area contributed by atoms with Crippen LogP contribution in [0.4, 0.5) is 0 Å². The van der Waals surface area contributed by atoms with E-state index in [0.29, 0.717) is 23.9 Å². The number of allylic oxidation sites excluding steroid dienone is 1. The summed E-state index contributed by atoms with van der Waals surface area (Å²) in [6, 6.07) is 0. The molecule has 2 fully saturated rings. The Morgan fingerprint density at radius 1 is 1.33 bits per heavy atom. The van der Waals surface area contributed by atoms with Crippen molar-refractivity contribution in [2.24, 2.45) is 0 Å². The molecular formula is C15H22N4O3S2. The van der Waals surface area contributed by atoms with Gasteiger partial charge in [-0.15, -0.1) is 16.8 Å². The van der Waals surface area contributed by atoms with Crippen LogP contribution in [0.1, 0.15) is 37.4 Å². The van der Waals surface area contributed by atoms with E-state index in [1.165, 1.54) is 11.8 Å². The van der Waals surface area contributed by atoms with Crippen molar-refractivity contribution >= 4 is 27.5 Å². The number of aromatic nitrogens is 3. The van der Waals surface area contributed by atoms with Gasteiger partial charge in [0.05, 0.1) is 16.8 Å². The van der Waals surface area contributed by atoms with Crippen LogP contribution in [0.15, 0.2) is 17.8 Å². The molecular weight excluding hydrogens is 348 g/mol. The number of hydrogen-bond acceptors (Lipinski definition) is 6. The van der Waals surface area contributed by atoms with Gasteiger partial charge < -0.3 is 9.88 Å². The molecule has 0 saturated carbocycles. The number of nitrogens with zero attached hydrogens (tertiary/aromatic N) is 3. The first-order valence-corrected chi connectivity index (χ1v) is 10.9. The van der Waals surface area contributed by atoms with E-state index in [9.17, 15) is 13.2 Å². The van der Waals surface area contributed by atoms with Gasteiger partial charge in [0.15, 0.2) is 15.0 Å². The predicted octanol–water partition coefficient (Wildman–Crippen LogP) is 1.13. The molecule has 0 aromatic carbocycles. The zero-order valence-electron chi connectivity index (χ0n) is 13.5. The Morgan fingerprint density at radius 3 is 2.88 bits per heavy atom. The van der Waals surface area contributed by atoms with Crippen molar-refractivity contribution in [2.75, 3.05) is 18.1 Å². The molecule has 0 aliphatic carbocycles. The molecule has 2 aliphatic rings. The van der Waals surface area contributed by atoms with E-state index in [0.717, 1.165) is 25.8 Å². The second-order valence-corrected chi connectivity index (χ2v) is 9.63. The van der Waals surface area contributed by atoms with Gasteiger partial charge in [-0.25, -0.2) is 8.42 Å². The van der Waals surface area contributed by atoms with Crippen LogP contribution < -0.4 is 5.32 Å². The van der Waals surface area contributed by atoms with E-state index in [2.05, 4.69) is 22.1 Å². The average molecular weight is 371 g/mol. The lowest BCUT2D eigenvalue weighted by atomic mass is 10.1. The number of carbonyl (C=O) groups is 1. The maximum atomic E-state index is 12.1. The zero-order chi connectivity index (χ0) is 17.2. The fraction of sp³-hybridized carbons (Fsp3) is 0.667. The van der Waals surface area contributed by atoms with Crippen molar-refractivity contribution in [3.8, 4) is 0 Å². The van der Waals surface area contributed by atoms with Gasteiger partial charge in [-0.2, -0.15) is 0 Å². The molecule has 24 heavy (non-hydrogen) atoms. The zero-order valence-corrected chi connectivity index (χ0v) is 15.1. The number of carbonyl (C=O) groups excluding carboxylic acids is 1. The molecule has 2 aliphatic heterocycles. The van der Waals surface area contributed by atoms with Crippen molar-refractivity contribution in [3.63, 3.8) is 0 Å². The maximum absolute atomic E-state index is 12.1. The Bertz CT molecular complexity index is 729. The van der Waals surface area contributed by atoms with E-state index in [4.69, 9.17) is 0 Å². The molecule has 1 N–H and O–H groups in total. The van der Waals surface area contributed by atoms with Gasteiger partial charge in [-0.05, 0) is 19.3 Å². The van der Waals surface area contributed by atoms with Gasteiger partial charge in [-0.1, -0.05) is 24.3 Å². The van der Waals surface area contributed by atoms with E-state index in [-0.39, 0.29) is 28.6 Å². The van der Waals surface area contributed by atoms with Crippen molar-refractivity contribution < 1.29 is 13.2 Å². The lowest BCUT2D eigenvalue weighted by molar-refractivity contribution is -0.120. The molecule has 0 unspecified atom stereocenters. The number of hydrogen-bond donors (Lipinski definition) is 1. The first-order valence-electron chi connectivity index (χ1n) is 8.19. The quantitative estimate of drug-likeness (QED) is 0.781. The summed E-state index contributed by atoms with van der Waals surface area (Å²) in [7, 11) is -2.98. The topological polar surface area (TPSA) is 93.9 Å². The van der Waals surface area contributed by atoms with Crippen LogP contribution in [0.25, 0.3) is 0 Å². The first kappa shape index (κ1) is 17.5. The molecule has 2 saturated heterocycles. The Labute approximate surface area is 146 Å². The van der Waals surface area contributed by atoms with E-state index < -0.39 is 9.84 Å². The summed E-state index contributed by atoms with van der Waals surface area (Å²) in [5.74, 6) is 0.922. The highest BCUT2D eigenvalue weighted by Gasteiger charge is 2.34. The molecule has 7 nitrogen and oxygen atoms in total. The highest BCUT2D eigenvalue weighted by Crippen LogP contribution is 2.32. The van der Waals surface area contributed by atoms with Crippen LogP contribution in [0, 0.1) is 0 Å². The van der Waals surface area contributed by atoms with E-state index in [1.807, 2.05) is 4.57 Å². The van der Waals surface area contributed by atoms with Crippen molar-refractivity contribution in [2.45, 2.75) is 48.6 Å². The molecule has 1 aromatic heterocycles. The Hall–Kier alpha value is -1.35. The molecule has 3 rings (SSSR count). The van der Waals surface area contributed by atoms with Crippen molar-refractivity contribution in [1.29, 1.82) is 0 Å². The lowest BCUT2D eigenvalue weighted by Crippen LogP contribution is -2.30.